The number of ether oxygens (including phenoxy) is 1. The molecule has 0 spiro atoms. The Hall–Kier alpha value is -2.74. The zero-order valence-electron chi connectivity index (χ0n) is 18.1. The van der Waals surface area contributed by atoms with Gasteiger partial charge in [0.15, 0.2) is 0 Å². The van der Waals surface area contributed by atoms with E-state index in [1.165, 1.54) is 10.6 Å². The lowest BCUT2D eigenvalue weighted by atomic mass is 10.1. The highest BCUT2D eigenvalue weighted by Crippen LogP contribution is 2.26. The minimum Gasteiger partial charge on any atom is -0.374 e. The lowest BCUT2D eigenvalue weighted by Crippen LogP contribution is -2.48. The molecule has 1 atom stereocenters. The van der Waals surface area contributed by atoms with Crippen LogP contribution in [0, 0.1) is 6.92 Å². The Morgan fingerprint density at radius 1 is 1.22 bits per heavy atom. The second-order valence-corrected chi connectivity index (χ2v) is 8.52. The van der Waals surface area contributed by atoms with Gasteiger partial charge in [-0.1, -0.05) is 48.0 Å². The third kappa shape index (κ3) is 5.54. The number of aryl methyl sites for hydroxylation is 1. The molecule has 2 aromatic carbocycles. The normalized spacial score (nSPS) is 19.6. The van der Waals surface area contributed by atoms with Crippen LogP contribution in [0.25, 0.3) is 0 Å². The molecule has 0 saturated carbocycles. The van der Waals surface area contributed by atoms with E-state index in [0.29, 0.717) is 36.0 Å². The first-order valence-electron chi connectivity index (χ1n) is 10.8. The molecule has 1 fully saturated rings. The van der Waals surface area contributed by atoms with Crippen molar-refractivity contribution in [1.82, 2.24) is 10.2 Å². The summed E-state index contributed by atoms with van der Waals surface area (Å²) in [5.41, 5.74) is 3.06. The largest absolute Gasteiger partial charge is 0.374 e. The summed E-state index contributed by atoms with van der Waals surface area (Å²) in [6.45, 7) is 5.38. The van der Waals surface area contributed by atoms with Crippen LogP contribution < -0.4 is 10.3 Å². The van der Waals surface area contributed by atoms with E-state index in [1.807, 2.05) is 31.2 Å². The smallest absolute Gasteiger partial charge is 0.267 e. The maximum absolute atomic E-state index is 12.7. The van der Waals surface area contributed by atoms with E-state index in [2.05, 4.69) is 27.5 Å². The number of carbonyl (C=O) groups excluding carboxylic acids is 2. The molecule has 0 bridgehead atoms. The van der Waals surface area contributed by atoms with Crippen molar-refractivity contribution in [3.63, 3.8) is 0 Å². The average Bonchev–Trinajstić information content (AvgIpc) is 2.80. The highest BCUT2D eigenvalue weighted by atomic mass is 35.5. The van der Waals surface area contributed by atoms with Crippen molar-refractivity contribution >= 4 is 34.8 Å². The number of morpholine rings is 1. The number of rotatable bonds is 6. The highest BCUT2D eigenvalue weighted by Gasteiger charge is 2.27. The van der Waals surface area contributed by atoms with Gasteiger partial charge in [-0.2, -0.15) is 5.10 Å². The van der Waals surface area contributed by atoms with Crippen LogP contribution in [0.4, 0.5) is 5.69 Å². The number of carbonyl (C=O) groups is 2. The quantitative estimate of drug-likeness (QED) is 0.727. The molecule has 0 aromatic heterocycles. The molecule has 1 saturated heterocycles. The van der Waals surface area contributed by atoms with E-state index in [1.54, 1.807) is 12.1 Å². The number of halogens is 1. The lowest BCUT2D eigenvalue weighted by Gasteiger charge is -2.33. The van der Waals surface area contributed by atoms with Crippen LogP contribution in [-0.2, 0) is 20.9 Å². The van der Waals surface area contributed by atoms with Crippen molar-refractivity contribution in [2.24, 2.45) is 5.10 Å². The Kier molecular flexibility index (Phi) is 7.19. The first-order chi connectivity index (χ1) is 15.5. The molecule has 2 amide bonds. The van der Waals surface area contributed by atoms with Gasteiger partial charge in [-0.15, -0.1) is 0 Å². The summed E-state index contributed by atoms with van der Waals surface area (Å²) < 4.78 is 5.84. The number of hydrazone groups is 1. The third-order valence-electron chi connectivity index (χ3n) is 5.66. The number of nitrogens with zero attached hydrogens (tertiary/aromatic N) is 3. The number of amides is 2. The van der Waals surface area contributed by atoms with Crippen LogP contribution in [0.1, 0.15) is 24.0 Å². The predicted octanol–water partition coefficient (Wildman–Crippen LogP) is 3.15. The number of anilines is 1. The zero-order chi connectivity index (χ0) is 22.5. The molecule has 8 heteroatoms. The van der Waals surface area contributed by atoms with Crippen molar-refractivity contribution in [3.05, 3.63) is 64.7 Å². The molecular weight excluding hydrogens is 428 g/mol. The molecule has 2 aliphatic rings. The second kappa shape index (κ2) is 10.3. The Bertz CT molecular complexity index is 1010. The molecular formula is C24H27ClN4O3. The number of hydrogen-bond donors (Lipinski definition) is 1. The van der Waals surface area contributed by atoms with E-state index in [4.69, 9.17) is 16.3 Å². The molecule has 168 valence electrons. The van der Waals surface area contributed by atoms with Gasteiger partial charge in [0.1, 0.15) is 5.71 Å². The summed E-state index contributed by atoms with van der Waals surface area (Å²) in [5.74, 6) is -0.432. The second-order valence-electron chi connectivity index (χ2n) is 8.11. The van der Waals surface area contributed by atoms with E-state index in [0.717, 1.165) is 25.2 Å². The van der Waals surface area contributed by atoms with Crippen LogP contribution in [0.5, 0.6) is 0 Å². The fraction of sp³-hybridized carbons (Fsp3) is 0.375. The van der Waals surface area contributed by atoms with Gasteiger partial charge in [-0.05, 0) is 30.2 Å². The predicted molar refractivity (Wildman–Crippen MR) is 125 cm³/mol. The Balaban J connectivity index is 1.34. The van der Waals surface area contributed by atoms with Gasteiger partial charge in [0.05, 0.1) is 18.4 Å². The molecule has 2 aliphatic heterocycles. The Morgan fingerprint density at radius 2 is 2.03 bits per heavy atom. The minimum atomic E-state index is -0.274. The molecule has 1 unspecified atom stereocenters. The van der Waals surface area contributed by atoms with Crippen LogP contribution in [0.2, 0.25) is 5.02 Å². The lowest BCUT2D eigenvalue weighted by molar-refractivity contribution is -0.119. The SMILES string of the molecule is Cc1ccc(N2N=C(C(=O)NCC3CN(Cc4ccccc4)CCO3)CCC2=O)cc1Cl. The maximum Gasteiger partial charge on any atom is 0.267 e. The fourth-order valence-corrected chi connectivity index (χ4v) is 4.00. The van der Waals surface area contributed by atoms with Gasteiger partial charge < -0.3 is 10.1 Å². The van der Waals surface area contributed by atoms with Crippen LogP contribution >= 0.6 is 11.6 Å². The molecule has 32 heavy (non-hydrogen) atoms. The monoisotopic (exact) mass is 454 g/mol. The maximum atomic E-state index is 12.7. The van der Waals surface area contributed by atoms with Crippen molar-refractivity contribution in [1.29, 1.82) is 0 Å². The zero-order valence-corrected chi connectivity index (χ0v) is 18.8. The first kappa shape index (κ1) is 22.5. The van der Waals surface area contributed by atoms with Crippen molar-refractivity contribution < 1.29 is 14.3 Å². The molecule has 0 radical (unpaired) electrons. The third-order valence-corrected chi connectivity index (χ3v) is 6.06. The average molecular weight is 455 g/mol. The van der Waals surface area contributed by atoms with Gasteiger partial charge in [-0.3, -0.25) is 14.5 Å². The Labute approximate surface area is 193 Å². The van der Waals surface area contributed by atoms with Gasteiger partial charge >= 0.3 is 0 Å². The fourth-order valence-electron chi connectivity index (χ4n) is 3.83. The van der Waals surface area contributed by atoms with E-state index in [-0.39, 0.29) is 24.3 Å². The molecule has 1 N–H and O–H groups in total. The van der Waals surface area contributed by atoms with Crippen LogP contribution in [-0.4, -0.2) is 54.8 Å². The molecule has 2 aromatic rings. The minimum absolute atomic E-state index is 0.0887. The standard InChI is InChI=1S/C24H27ClN4O3/c1-17-7-8-19(13-21(17)25)29-23(30)10-9-22(27-29)24(31)26-14-20-16-28(11-12-32-20)15-18-5-3-2-4-6-18/h2-8,13,20H,9-12,14-16H2,1H3,(H,26,31). The van der Waals surface area contributed by atoms with Crippen molar-refractivity contribution in [3.8, 4) is 0 Å². The van der Waals surface area contributed by atoms with E-state index in [9.17, 15) is 9.59 Å². The van der Waals surface area contributed by atoms with Crippen LogP contribution in [0.3, 0.4) is 0 Å². The van der Waals surface area contributed by atoms with Crippen LogP contribution in [0.15, 0.2) is 53.6 Å². The molecule has 0 aliphatic carbocycles. The topological polar surface area (TPSA) is 74.2 Å². The Morgan fingerprint density at radius 3 is 2.81 bits per heavy atom. The van der Waals surface area contributed by atoms with E-state index >= 15 is 0 Å². The summed E-state index contributed by atoms with van der Waals surface area (Å²) >= 11 is 6.19. The van der Waals surface area contributed by atoms with Crippen molar-refractivity contribution in [2.75, 3.05) is 31.3 Å². The summed E-state index contributed by atoms with van der Waals surface area (Å²) in [4.78, 5) is 27.4. The molecule has 4 rings (SSSR count). The van der Waals surface area contributed by atoms with Gasteiger partial charge in [0.25, 0.3) is 5.91 Å². The molecule has 2 heterocycles. The molecule has 7 nitrogen and oxygen atoms in total. The number of benzene rings is 2. The van der Waals surface area contributed by atoms with Gasteiger partial charge in [-0.25, -0.2) is 5.01 Å². The number of nitrogens with one attached hydrogen (secondary N) is 1. The number of hydrogen-bond acceptors (Lipinski definition) is 5. The summed E-state index contributed by atoms with van der Waals surface area (Å²) in [5, 5.41) is 9.06. The van der Waals surface area contributed by atoms with Gasteiger partial charge in [0, 0.05) is 44.0 Å². The van der Waals surface area contributed by atoms with E-state index < -0.39 is 0 Å². The highest BCUT2D eigenvalue weighted by molar-refractivity contribution is 6.40. The first-order valence-corrected chi connectivity index (χ1v) is 11.2. The summed E-state index contributed by atoms with van der Waals surface area (Å²) in [7, 11) is 0. The van der Waals surface area contributed by atoms with Gasteiger partial charge in [0.2, 0.25) is 5.91 Å². The van der Waals surface area contributed by atoms with Crippen molar-refractivity contribution in [2.45, 2.75) is 32.4 Å². The summed E-state index contributed by atoms with van der Waals surface area (Å²) in [6, 6.07) is 15.6. The summed E-state index contributed by atoms with van der Waals surface area (Å²) in [6.07, 6.45) is 0.448.